The van der Waals surface area contributed by atoms with E-state index in [4.69, 9.17) is 0 Å². The molecule has 0 aliphatic carbocycles. The number of aryl methyl sites for hydroxylation is 1. The van der Waals surface area contributed by atoms with Crippen molar-refractivity contribution >= 4 is 11.5 Å². The van der Waals surface area contributed by atoms with Gasteiger partial charge in [0.05, 0.1) is 4.92 Å². The summed E-state index contributed by atoms with van der Waals surface area (Å²) in [5, 5.41) is 13.3. The Labute approximate surface area is 101 Å². The highest BCUT2D eigenvalue weighted by atomic mass is 19.4. The number of hydrogen-bond donors (Lipinski definition) is 1. The molecule has 0 spiro atoms. The Morgan fingerprint density at radius 2 is 2.17 bits per heavy atom. The molecule has 0 radical (unpaired) electrons. The van der Waals surface area contributed by atoms with Gasteiger partial charge in [-0.1, -0.05) is 0 Å². The molecule has 0 atom stereocenters. The second-order valence-corrected chi connectivity index (χ2v) is 3.73. The third-order valence-corrected chi connectivity index (χ3v) is 2.24. The van der Waals surface area contributed by atoms with Crippen LogP contribution in [-0.4, -0.2) is 22.6 Å². The summed E-state index contributed by atoms with van der Waals surface area (Å²) in [5.74, 6) is 0.00201. The molecule has 0 saturated carbocycles. The average Bonchev–Trinajstić information content (AvgIpc) is 2.22. The first kappa shape index (κ1) is 14.2. The summed E-state index contributed by atoms with van der Waals surface area (Å²) in [7, 11) is 0. The third-order valence-electron chi connectivity index (χ3n) is 2.24. The Balaban J connectivity index is 2.63. The van der Waals surface area contributed by atoms with Gasteiger partial charge in [0, 0.05) is 24.7 Å². The molecule has 1 heterocycles. The molecule has 0 unspecified atom stereocenters. The van der Waals surface area contributed by atoms with Crippen LogP contribution in [0.4, 0.5) is 24.7 Å². The average molecular weight is 263 g/mol. The van der Waals surface area contributed by atoms with E-state index < -0.39 is 17.5 Å². The van der Waals surface area contributed by atoms with Crippen LogP contribution in [0.2, 0.25) is 0 Å². The second-order valence-electron chi connectivity index (χ2n) is 3.73. The summed E-state index contributed by atoms with van der Waals surface area (Å²) in [6.07, 6.45) is -3.93. The van der Waals surface area contributed by atoms with E-state index in [1.54, 1.807) is 6.92 Å². The number of alkyl halides is 3. The van der Waals surface area contributed by atoms with E-state index in [2.05, 4.69) is 10.3 Å². The number of anilines is 1. The van der Waals surface area contributed by atoms with Gasteiger partial charge < -0.3 is 5.32 Å². The van der Waals surface area contributed by atoms with Crippen LogP contribution in [-0.2, 0) is 0 Å². The molecular weight excluding hydrogens is 251 g/mol. The summed E-state index contributed by atoms with van der Waals surface area (Å²) in [5.41, 5.74) is 0.206. The molecule has 1 N–H and O–H groups in total. The van der Waals surface area contributed by atoms with E-state index in [0.29, 0.717) is 5.56 Å². The number of nitrogens with zero attached hydrogens (tertiary/aromatic N) is 2. The summed E-state index contributed by atoms with van der Waals surface area (Å²) < 4.78 is 35.7. The SMILES string of the molecule is Cc1ccnc(NCCCC(F)(F)F)c1[N+](=O)[O-]. The van der Waals surface area contributed by atoms with E-state index >= 15 is 0 Å². The molecule has 0 saturated heterocycles. The Kier molecular flexibility index (Phi) is 4.46. The number of halogens is 3. The maximum absolute atomic E-state index is 11.9. The van der Waals surface area contributed by atoms with Crippen LogP contribution in [0.15, 0.2) is 12.3 Å². The Morgan fingerprint density at radius 3 is 2.72 bits per heavy atom. The molecule has 18 heavy (non-hydrogen) atoms. The van der Waals surface area contributed by atoms with Crippen molar-refractivity contribution in [3.63, 3.8) is 0 Å². The maximum Gasteiger partial charge on any atom is 0.389 e. The Hall–Kier alpha value is -1.86. The lowest BCUT2D eigenvalue weighted by Gasteiger charge is -2.08. The predicted molar refractivity (Wildman–Crippen MR) is 59.4 cm³/mol. The Bertz CT molecular complexity index is 435. The number of aromatic nitrogens is 1. The van der Waals surface area contributed by atoms with Crippen LogP contribution in [0.3, 0.4) is 0 Å². The minimum atomic E-state index is -4.21. The van der Waals surface area contributed by atoms with Crippen molar-refractivity contribution in [2.75, 3.05) is 11.9 Å². The summed E-state index contributed by atoms with van der Waals surface area (Å²) in [4.78, 5) is 13.9. The molecule has 100 valence electrons. The molecule has 0 aliphatic rings. The first-order valence-corrected chi connectivity index (χ1v) is 5.22. The highest BCUT2D eigenvalue weighted by Crippen LogP contribution is 2.26. The van der Waals surface area contributed by atoms with E-state index in [1.807, 2.05) is 0 Å². The van der Waals surface area contributed by atoms with Crippen LogP contribution in [0.5, 0.6) is 0 Å². The van der Waals surface area contributed by atoms with Crippen LogP contribution in [0, 0.1) is 17.0 Å². The molecule has 0 aromatic carbocycles. The molecule has 1 rings (SSSR count). The highest BCUT2D eigenvalue weighted by molar-refractivity contribution is 5.59. The minimum absolute atomic E-state index is 0.00201. The number of pyridine rings is 1. The van der Waals surface area contributed by atoms with Crippen LogP contribution in [0.25, 0.3) is 0 Å². The van der Waals surface area contributed by atoms with Gasteiger partial charge >= 0.3 is 11.9 Å². The fourth-order valence-corrected chi connectivity index (χ4v) is 1.41. The van der Waals surface area contributed by atoms with Gasteiger partial charge in [-0.05, 0) is 19.4 Å². The van der Waals surface area contributed by atoms with E-state index in [1.165, 1.54) is 12.3 Å². The summed E-state index contributed by atoms with van der Waals surface area (Å²) in [6, 6.07) is 1.47. The third kappa shape index (κ3) is 4.19. The number of hydrogen-bond acceptors (Lipinski definition) is 4. The van der Waals surface area contributed by atoms with Crippen molar-refractivity contribution < 1.29 is 18.1 Å². The van der Waals surface area contributed by atoms with Crippen molar-refractivity contribution in [3.8, 4) is 0 Å². The monoisotopic (exact) mass is 263 g/mol. The van der Waals surface area contributed by atoms with Gasteiger partial charge in [0.1, 0.15) is 0 Å². The molecule has 0 aliphatic heterocycles. The minimum Gasteiger partial charge on any atom is -0.364 e. The normalized spacial score (nSPS) is 11.3. The molecular formula is C10H12F3N3O2. The Morgan fingerprint density at radius 1 is 1.50 bits per heavy atom. The molecule has 8 heteroatoms. The van der Waals surface area contributed by atoms with Crippen molar-refractivity contribution in [3.05, 3.63) is 27.9 Å². The molecule has 1 aromatic rings. The van der Waals surface area contributed by atoms with Gasteiger partial charge in [-0.25, -0.2) is 4.98 Å². The second kappa shape index (κ2) is 5.65. The first-order chi connectivity index (χ1) is 8.31. The van der Waals surface area contributed by atoms with Gasteiger partial charge in [0.25, 0.3) is 0 Å². The predicted octanol–water partition coefficient (Wildman–Crippen LogP) is 3.05. The number of rotatable bonds is 5. The van der Waals surface area contributed by atoms with Crippen LogP contribution >= 0.6 is 0 Å². The molecule has 0 amide bonds. The topological polar surface area (TPSA) is 68.1 Å². The van der Waals surface area contributed by atoms with E-state index in [-0.39, 0.29) is 24.5 Å². The zero-order valence-corrected chi connectivity index (χ0v) is 9.62. The zero-order chi connectivity index (χ0) is 13.8. The lowest BCUT2D eigenvalue weighted by atomic mass is 10.2. The molecule has 5 nitrogen and oxygen atoms in total. The van der Waals surface area contributed by atoms with Gasteiger partial charge in [0.15, 0.2) is 0 Å². The summed E-state index contributed by atoms with van der Waals surface area (Å²) in [6.45, 7) is 1.53. The fraction of sp³-hybridized carbons (Fsp3) is 0.500. The quantitative estimate of drug-likeness (QED) is 0.503. The van der Waals surface area contributed by atoms with Gasteiger partial charge in [-0.15, -0.1) is 0 Å². The van der Waals surface area contributed by atoms with Crippen molar-refractivity contribution in [2.24, 2.45) is 0 Å². The van der Waals surface area contributed by atoms with E-state index in [0.717, 1.165) is 0 Å². The van der Waals surface area contributed by atoms with Crippen molar-refractivity contribution in [1.29, 1.82) is 0 Å². The molecule has 0 bridgehead atoms. The van der Waals surface area contributed by atoms with Crippen LogP contribution in [0.1, 0.15) is 18.4 Å². The lowest BCUT2D eigenvalue weighted by Crippen LogP contribution is -2.12. The van der Waals surface area contributed by atoms with Gasteiger partial charge in [0.2, 0.25) is 5.82 Å². The smallest absolute Gasteiger partial charge is 0.364 e. The largest absolute Gasteiger partial charge is 0.389 e. The van der Waals surface area contributed by atoms with Gasteiger partial charge in [-0.2, -0.15) is 13.2 Å². The molecule has 1 aromatic heterocycles. The standard InChI is InChI=1S/C10H12F3N3O2/c1-7-3-6-15-9(8(7)16(17)18)14-5-2-4-10(11,12)13/h3,6H,2,4-5H2,1H3,(H,14,15). The number of nitrogens with one attached hydrogen (secondary N) is 1. The highest BCUT2D eigenvalue weighted by Gasteiger charge is 2.26. The van der Waals surface area contributed by atoms with Gasteiger partial charge in [-0.3, -0.25) is 10.1 Å². The fourth-order valence-electron chi connectivity index (χ4n) is 1.41. The van der Waals surface area contributed by atoms with Crippen molar-refractivity contribution in [1.82, 2.24) is 4.98 Å². The molecule has 0 fully saturated rings. The van der Waals surface area contributed by atoms with Crippen LogP contribution < -0.4 is 5.32 Å². The van der Waals surface area contributed by atoms with E-state index in [9.17, 15) is 23.3 Å². The summed E-state index contributed by atoms with van der Waals surface area (Å²) >= 11 is 0. The zero-order valence-electron chi connectivity index (χ0n) is 9.62. The first-order valence-electron chi connectivity index (χ1n) is 5.22. The van der Waals surface area contributed by atoms with Crippen molar-refractivity contribution in [2.45, 2.75) is 25.9 Å². The number of nitro groups is 1. The maximum atomic E-state index is 11.9. The lowest BCUT2D eigenvalue weighted by molar-refractivity contribution is -0.384.